The van der Waals surface area contributed by atoms with Gasteiger partial charge in [0, 0.05) is 18.0 Å². The Morgan fingerprint density at radius 1 is 1.29 bits per heavy atom. The Morgan fingerprint density at radius 3 is 2.82 bits per heavy atom. The number of anilines is 1. The molecule has 0 bridgehead atoms. The normalized spacial score (nSPS) is 14.4. The number of rotatable bonds is 7. The Balaban J connectivity index is 1.47. The first-order valence-electron chi connectivity index (χ1n) is 9.99. The van der Waals surface area contributed by atoms with Crippen molar-refractivity contribution in [1.82, 2.24) is 19.9 Å². The highest BCUT2D eigenvalue weighted by molar-refractivity contribution is 7.91. The maximum Gasteiger partial charge on any atom is 0.344 e. The van der Waals surface area contributed by atoms with Crippen LogP contribution < -0.4 is 20.5 Å². The molecule has 34 heavy (non-hydrogen) atoms. The first-order valence-corrected chi connectivity index (χ1v) is 11.4. The van der Waals surface area contributed by atoms with Crippen LogP contribution in [-0.2, 0) is 10.2 Å². The van der Waals surface area contributed by atoms with E-state index in [-0.39, 0.29) is 29.7 Å². The number of aldehydes is 1. The number of hydrogen-bond donors (Lipinski definition) is 3. The number of pyridine rings is 1. The predicted molar refractivity (Wildman–Crippen MR) is 123 cm³/mol. The number of amides is 1. The van der Waals surface area contributed by atoms with E-state index < -0.39 is 15.7 Å². The van der Waals surface area contributed by atoms with Crippen molar-refractivity contribution in [3.05, 3.63) is 65.9 Å². The van der Waals surface area contributed by atoms with E-state index in [1.807, 2.05) is 0 Å². The summed E-state index contributed by atoms with van der Waals surface area (Å²) >= 11 is 0. The summed E-state index contributed by atoms with van der Waals surface area (Å²) in [6, 6.07) is 7.93. The third kappa shape index (κ3) is 4.88. The van der Waals surface area contributed by atoms with Gasteiger partial charge in [-0.2, -0.15) is 8.42 Å². The number of hydrogen-bond acceptors (Lipinski definition) is 8. The second-order valence-electron chi connectivity index (χ2n) is 8.09. The van der Waals surface area contributed by atoms with E-state index in [0.29, 0.717) is 29.0 Å². The van der Waals surface area contributed by atoms with Gasteiger partial charge in [-0.1, -0.05) is 6.07 Å². The van der Waals surface area contributed by atoms with Crippen LogP contribution in [0.2, 0.25) is 0 Å². The van der Waals surface area contributed by atoms with E-state index in [2.05, 4.69) is 24.4 Å². The Bertz CT molecular complexity index is 1410. The fourth-order valence-electron chi connectivity index (χ4n) is 3.24. The third-order valence-corrected chi connectivity index (χ3v) is 5.69. The van der Waals surface area contributed by atoms with Crippen molar-refractivity contribution in [3.8, 4) is 11.6 Å². The van der Waals surface area contributed by atoms with Crippen LogP contribution in [0.1, 0.15) is 40.3 Å². The van der Waals surface area contributed by atoms with Gasteiger partial charge < -0.3 is 15.8 Å². The molecular formula is C21H21N7O5S. The molecule has 1 aliphatic heterocycles. The number of nitrogens with two attached hydrogens (primary N) is 1. The van der Waals surface area contributed by atoms with Crippen molar-refractivity contribution >= 4 is 33.9 Å². The van der Waals surface area contributed by atoms with Gasteiger partial charge in [0.15, 0.2) is 12.1 Å². The zero-order chi connectivity index (χ0) is 24.5. The molecule has 1 aliphatic rings. The van der Waals surface area contributed by atoms with Crippen LogP contribution >= 0.6 is 0 Å². The first kappa shape index (κ1) is 22.9. The van der Waals surface area contributed by atoms with Crippen LogP contribution in [-0.4, -0.2) is 53.1 Å². The molecule has 4 rings (SSSR count). The molecule has 0 radical (unpaired) electrons. The monoisotopic (exact) mass is 483 g/mol. The number of benzene rings is 1. The third-order valence-electron chi connectivity index (χ3n) is 4.78. The molecular weight excluding hydrogens is 462 g/mol. The first-order chi connectivity index (χ1) is 16.1. The average Bonchev–Trinajstić information content (AvgIpc) is 3.26. The molecule has 0 atom stereocenters. The minimum atomic E-state index is -3.90. The molecule has 0 spiro atoms. The van der Waals surface area contributed by atoms with E-state index in [4.69, 9.17) is 10.5 Å². The standard InChI is InChI=1S/C21H21N7O5S/c1-21(2,11-33-16-5-3-4-15-18(16)19(22)27-34(31,32)26-15)25-20(30)13-6-7-23-17(8-13)28-9-14(10-29)24-12-28/h3-10,12,26H,11H2,1-2H3,(H2,22,27)(H,25,30). The number of imidazole rings is 1. The van der Waals surface area contributed by atoms with Crippen molar-refractivity contribution in [1.29, 1.82) is 0 Å². The second-order valence-corrected chi connectivity index (χ2v) is 9.42. The molecule has 1 amide bonds. The van der Waals surface area contributed by atoms with E-state index in [1.54, 1.807) is 44.2 Å². The van der Waals surface area contributed by atoms with Crippen LogP contribution in [0.3, 0.4) is 0 Å². The van der Waals surface area contributed by atoms with E-state index >= 15 is 0 Å². The summed E-state index contributed by atoms with van der Waals surface area (Å²) in [6.07, 6.45) is 5.03. The smallest absolute Gasteiger partial charge is 0.344 e. The van der Waals surface area contributed by atoms with Gasteiger partial charge >= 0.3 is 10.2 Å². The minimum absolute atomic E-state index is 0.0530. The molecule has 4 N–H and O–H groups in total. The molecule has 0 saturated carbocycles. The highest BCUT2D eigenvalue weighted by Crippen LogP contribution is 2.30. The van der Waals surface area contributed by atoms with Crippen molar-refractivity contribution < 1.29 is 22.7 Å². The molecule has 3 heterocycles. The van der Waals surface area contributed by atoms with Gasteiger partial charge in [-0.3, -0.25) is 18.9 Å². The van der Waals surface area contributed by atoms with Crippen molar-refractivity contribution in [2.75, 3.05) is 11.3 Å². The van der Waals surface area contributed by atoms with Crippen LogP contribution in [0.5, 0.6) is 5.75 Å². The number of nitrogens with zero attached hydrogens (tertiary/aromatic N) is 4. The fourth-order valence-corrected chi connectivity index (χ4v) is 4.08. The lowest BCUT2D eigenvalue weighted by Gasteiger charge is -2.27. The maximum atomic E-state index is 12.9. The number of ether oxygens (including phenoxy) is 1. The molecule has 0 saturated heterocycles. The summed E-state index contributed by atoms with van der Waals surface area (Å²) in [6.45, 7) is 3.60. The average molecular weight is 484 g/mol. The lowest BCUT2D eigenvalue weighted by Crippen LogP contribution is -2.48. The van der Waals surface area contributed by atoms with E-state index in [1.165, 1.54) is 23.3 Å². The quantitative estimate of drug-likeness (QED) is 0.418. The van der Waals surface area contributed by atoms with Crippen molar-refractivity contribution in [3.63, 3.8) is 0 Å². The number of carbonyl (C=O) groups is 2. The van der Waals surface area contributed by atoms with Crippen LogP contribution in [0.4, 0.5) is 5.69 Å². The zero-order valence-corrected chi connectivity index (χ0v) is 19.0. The Labute approximate surface area is 195 Å². The second kappa shape index (κ2) is 8.59. The number of fused-ring (bicyclic) bond motifs is 1. The summed E-state index contributed by atoms with van der Waals surface area (Å²) in [5, 5.41) is 2.90. The Hall–Kier alpha value is -4.26. The molecule has 2 aromatic heterocycles. The molecule has 0 aliphatic carbocycles. The van der Waals surface area contributed by atoms with E-state index in [9.17, 15) is 18.0 Å². The summed E-state index contributed by atoms with van der Waals surface area (Å²) in [4.78, 5) is 31.9. The van der Waals surface area contributed by atoms with Gasteiger partial charge in [-0.05, 0) is 38.1 Å². The topological polar surface area (TPSA) is 171 Å². The molecule has 12 nitrogen and oxygen atoms in total. The van der Waals surface area contributed by atoms with Gasteiger partial charge in [0.1, 0.15) is 30.2 Å². The van der Waals surface area contributed by atoms with Crippen LogP contribution in [0.25, 0.3) is 5.82 Å². The molecule has 1 aromatic carbocycles. The molecule has 0 unspecified atom stereocenters. The molecule has 176 valence electrons. The number of nitrogens with one attached hydrogen (secondary N) is 2. The van der Waals surface area contributed by atoms with Crippen molar-refractivity contribution in [2.24, 2.45) is 10.1 Å². The molecule has 13 heteroatoms. The lowest BCUT2D eigenvalue weighted by molar-refractivity contribution is 0.0880. The Morgan fingerprint density at radius 2 is 2.09 bits per heavy atom. The summed E-state index contributed by atoms with van der Waals surface area (Å²) < 4.78 is 36.7. The largest absolute Gasteiger partial charge is 0.490 e. The van der Waals surface area contributed by atoms with Crippen molar-refractivity contribution in [2.45, 2.75) is 19.4 Å². The maximum absolute atomic E-state index is 12.9. The number of aromatic nitrogens is 3. The summed E-state index contributed by atoms with van der Waals surface area (Å²) in [5.41, 5.74) is 6.21. The summed E-state index contributed by atoms with van der Waals surface area (Å²) in [7, 11) is -3.90. The Kier molecular flexibility index (Phi) is 5.79. The van der Waals surface area contributed by atoms with Gasteiger partial charge in [-0.15, -0.1) is 4.40 Å². The van der Waals surface area contributed by atoms with Crippen LogP contribution in [0, 0.1) is 0 Å². The fraction of sp³-hybridized carbons (Fsp3) is 0.190. The van der Waals surface area contributed by atoms with Gasteiger partial charge in [-0.25, -0.2) is 9.97 Å². The molecule has 0 fully saturated rings. The summed E-state index contributed by atoms with van der Waals surface area (Å²) in [5.74, 6) is 0.195. The highest BCUT2D eigenvalue weighted by Gasteiger charge is 2.27. The van der Waals surface area contributed by atoms with Gasteiger partial charge in [0.05, 0.1) is 16.8 Å². The predicted octanol–water partition coefficient (Wildman–Crippen LogP) is 1.04. The number of carbonyl (C=O) groups excluding carboxylic acids is 2. The van der Waals surface area contributed by atoms with E-state index in [0.717, 1.165) is 0 Å². The molecule has 3 aromatic rings. The van der Waals surface area contributed by atoms with Crippen LogP contribution in [0.15, 0.2) is 53.5 Å². The SMILES string of the molecule is CC(C)(COc1cccc2c1C(N)=NS(=O)(=O)N2)NC(=O)c1ccnc(-n2cnc(C=O)c2)c1. The lowest BCUT2D eigenvalue weighted by atomic mass is 10.1. The van der Waals surface area contributed by atoms with Gasteiger partial charge in [0.2, 0.25) is 0 Å². The van der Waals surface area contributed by atoms with Gasteiger partial charge in [0.25, 0.3) is 5.91 Å². The zero-order valence-electron chi connectivity index (χ0n) is 18.2. The highest BCUT2D eigenvalue weighted by atomic mass is 32.2. The number of amidine groups is 1. The minimum Gasteiger partial charge on any atom is -0.490 e.